The third kappa shape index (κ3) is 6.79. The highest BCUT2D eigenvalue weighted by Gasteiger charge is 2.25. The molecule has 2 N–H and O–H groups in total. The lowest BCUT2D eigenvalue weighted by Gasteiger charge is -2.32. The van der Waals surface area contributed by atoms with Crippen molar-refractivity contribution in [2.24, 2.45) is 11.0 Å². The first-order valence-corrected chi connectivity index (χ1v) is 11.7. The van der Waals surface area contributed by atoms with Crippen LogP contribution in [0.2, 0.25) is 0 Å². The van der Waals surface area contributed by atoms with Gasteiger partial charge in [0.25, 0.3) is 0 Å². The molecule has 1 atom stereocenters. The molecule has 3 aliphatic rings. The van der Waals surface area contributed by atoms with Crippen molar-refractivity contribution < 1.29 is 14.4 Å². The summed E-state index contributed by atoms with van der Waals surface area (Å²) in [6.45, 7) is 6.72. The van der Waals surface area contributed by atoms with E-state index in [1.54, 1.807) is 0 Å². The van der Waals surface area contributed by atoms with Crippen LogP contribution in [0.1, 0.15) is 71.1 Å². The van der Waals surface area contributed by atoms with Gasteiger partial charge >= 0.3 is 0 Å². The zero-order valence-corrected chi connectivity index (χ0v) is 18.3. The van der Waals surface area contributed by atoms with E-state index in [0.29, 0.717) is 44.1 Å². The molecule has 8 heteroatoms. The van der Waals surface area contributed by atoms with Crippen LogP contribution in [0.3, 0.4) is 0 Å². The number of piperidine rings is 1. The van der Waals surface area contributed by atoms with Crippen molar-refractivity contribution in [1.82, 2.24) is 20.5 Å². The van der Waals surface area contributed by atoms with Crippen LogP contribution in [0.5, 0.6) is 0 Å². The quantitative estimate of drug-likeness (QED) is 0.594. The fourth-order valence-electron chi connectivity index (χ4n) is 4.77. The first-order valence-electron chi connectivity index (χ1n) is 11.7. The largest absolute Gasteiger partial charge is 0.355 e. The molecule has 0 bridgehead atoms. The second-order valence-corrected chi connectivity index (χ2v) is 8.80. The van der Waals surface area contributed by atoms with Crippen LogP contribution in [0.25, 0.3) is 0 Å². The van der Waals surface area contributed by atoms with Crippen molar-refractivity contribution in [1.29, 1.82) is 0 Å². The van der Waals surface area contributed by atoms with Crippen molar-refractivity contribution in [2.75, 3.05) is 32.7 Å². The molecule has 8 nitrogen and oxygen atoms in total. The van der Waals surface area contributed by atoms with Gasteiger partial charge in [0.05, 0.1) is 0 Å². The van der Waals surface area contributed by atoms with Crippen LogP contribution in [0, 0.1) is 5.92 Å². The molecule has 3 heterocycles. The van der Waals surface area contributed by atoms with Crippen LogP contribution in [0.4, 0.5) is 0 Å². The van der Waals surface area contributed by atoms with Gasteiger partial charge in [-0.3, -0.25) is 19.3 Å². The van der Waals surface area contributed by atoms with Gasteiger partial charge in [-0.25, -0.2) is 5.43 Å². The van der Waals surface area contributed by atoms with E-state index in [1.165, 1.54) is 12.8 Å². The Balaban J connectivity index is 1.27. The molecule has 3 amide bonds. The fourth-order valence-corrected chi connectivity index (χ4v) is 4.77. The summed E-state index contributed by atoms with van der Waals surface area (Å²) in [6.07, 6.45) is 8.05. The van der Waals surface area contributed by atoms with Crippen LogP contribution >= 0.6 is 0 Å². The molecule has 2 saturated heterocycles. The summed E-state index contributed by atoms with van der Waals surface area (Å²) in [5, 5.41) is 7.16. The Bertz CT molecular complexity index is 643. The lowest BCUT2D eigenvalue weighted by Crippen LogP contribution is -2.40. The maximum atomic E-state index is 12.5. The average Bonchev–Trinajstić information content (AvgIpc) is 3.23. The molecule has 2 fully saturated rings. The number of likely N-dealkylation sites (tertiary alicyclic amines) is 2. The van der Waals surface area contributed by atoms with Crippen LogP contribution in [0.15, 0.2) is 5.10 Å². The Labute approximate surface area is 179 Å². The van der Waals surface area contributed by atoms with Gasteiger partial charge in [0, 0.05) is 50.7 Å². The Hall–Kier alpha value is -1.96. The minimum atomic E-state index is -0.0534. The first kappa shape index (κ1) is 22.7. The molecule has 0 radical (unpaired) electrons. The number of hydrazone groups is 1. The number of carbonyl (C=O) groups excluding carboxylic acids is 3. The van der Waals surface area contributed by atoms with Crippen molar-refractivity contribution in [3.05, 3.63) is 0 Å². The predicted octanol–water partition coefficient (Wildman–Crippen LogP) is 1.65. The monoisotopic (exact) mass is 419 g/mol. The van der Waals surface area contributed by atoms with Crippen LogP contribution in [-0.2, 0) is 14.4 Å². The van der Waals surface area contributed by atoms with Crippen molar-refractivity contribution >= 4 is 23.4 Å². The number of nitrogens with zero attached hydrogens (tertiary/aromatic N) is 3. The molecule has 0 aromatic carbocycles. The first-order chi connectivity index (χ1) is 14.5. The standard InChI is InChI=1S/C22H37N5O3/c1-2-26-13-3-4-19(26)16-23-20(28)8-5-17-11-14-27(15-12-17)22(30)10-7-18-6-9-21(29)25-24-18/h17,19H,2-16H2,1H3,(H,23,28)(H,25,29)/t19-/m0/s1. The van der Waals surface area contributed by atoms with Crippen molar-refractivity contribution in [3.63, 3.8) is 0 Å². The van der Waals surface area contributed by atoms with E-state index < -0.39 is 0 Å². The van der Waals surface area contributed by atoms with E-state index in [1.807, 2.05) is 4.90 Å². The predicted molar refractivity (Wildman–Crippen MR) is 116 cm³/mol. The summed E-state index contributed by atoms with van der Waals surface area (Å²) in [5.41, 5.74) is 3.39. The Morgan fingerprint density at radius 3 is 2.63 bits per heavy atom. The molecule has 0 aromatic rings. The molecule has 30 heavy (non-hydrogen) atoms. The molecule has 0 spiro atoms. The Morgan fingerprint density at radius 1 is 1.13 bits per heavy atom. The highest BCUT2D eigenvalue weighted by Crippen LogP contribution is 2.23. The normalized spacial score (nSPS) is 23.2. The Morgan fingerprint density at radius 2 is 1.93 bits per heavy atom. The topological polar surface area (TPSA) is 94.1 Å². The number of likely N-dealkylation sites (N-methyl/N-ethyl adjacent to an activating group) is 1. The molecule has 0 aliphatic carbocycles. The minimum absolute atomic E-state index is 0.0534. The SMILES string of the molecule is CCN1CCC[C@H]1CNC(=O)CCC1CCN(C(=O)CCC2=NNC(=O)CC2)CC1. The molecule has 0 saturated carbocycles. The van der Waals surface area contributed by atoms with Gasteiger partial charge in [-0.05, 0) is 64.0 Å². The summed E-state index contributed by atoms with van der Waals surface area (Å²) in [5.74, 6) is 0.804. The number of hydrogen-bond donors (Lipinski definition) is 2. The maximum absolute atomic E-state index is 12.5. The number of hydrogen-bond acceptors (Lipinski definition) is 5. The molecule has 0 unspecified atom stereocenters. The van der Waals surface area contributed by atoms with Gasteiger partial charge in [0.2, 0.25) is 17.7 Å². The fraction of sp³-hybridized carbons (Fsp3) is 0.818. The minimum Gasteiger partial charge on any atom is -0.355 e. The lowest BCUT2D eigenvalue weighted by atomic mass is 9.91. The summed E-state index contributed by atoms with van der Waals surface area (Å²) >= 11 is 0. The van der Waals surface area contributed by atoms with Gasteiger partial charge in [-0.15, -0.1) is 0 Å². The molecule has 3 rings (SSSR count). The van der Waals surface area contributed by atoms with E-state index >= 15 is 0 Å². The average molecular weight is 420 g/mol. The van der Waals surface area contributed by atoms with Crippen LogP contribution in [-0.4, -0.2) is 72.0 Å². The summed E-state index contributed by atoms with van der Waals surface area (Å²) in [7, 11) is 0. The lowest BCUT2D eigenvalue weighted by molar-refractivity contribution is -0.132. The van der Waals surface area contributed by atoms with Crippen LogP contribution < -0.4 is 10.7 Å². The third-order valence-corrected chi connectivity index (χ3v) is 6.79. The van der Waals surface area contributed by atoms with E-state index in [0.717, 1.165) is 57.7 Å². The van der Waals surface area contributed by atoms with Gasteiger partial charge in [-0.1, -0.05) is 6.92 Å². The highest BCUT2D eigenvalue weighted by molar-refractivity contribution is 5.94. The number of amides is 3. The van der Waals surface area contributed by atoms with E-state index in [-0.39, 0.29) is 17.7 Å². The van der Waals surface area contributed by atoms with Gasteiger partial charge in [0.1, 0.15) is 0 Å². The molecular formula is C22H37N5O3. The second-order valence-electron chi connectivity index (χ2n) is 8.80. The van der Waals surface area contributed by atoms with Gasteiger partial charge < -0.3 is 10.2 Å². The summed E-state index contributed by atoms with van der Waals surface area (Å²) in [6, 6.07) is 0.504. The van der Waals surface area contributed by atoms with Gasteiger partial charge in [-0.2, -0.15) is 5.10 Å². The van der Waals surface area contributed by atoms with Gasteiger partial charge in [0.15, 0.2) is 0 Å². The van der Waals surface area contributed by atoms with E-state index in [4.69, 9.17) is 0 Å². The van der Waals surface area contributed by atoms with Crippen molar-refractivity contribution in [3.8, 4) is 0 Å². The smallest absolute Gasteiger partial charge is 0.240 e. The maximum Gasteiger partial charge on any atom is 0.240 e. The van der Waals surface area contributed by atoms with Crippen molar-refractivity contribution in [2.45, 2.75) is 77.2 Å². The number of carbonyl (C=O) groups is 3. The molecule has 0 aromatic heterocycles. The summed E-state index contributed by atoms with van der Waals surface area (Å²) in [4.78, 5) is 40.2. The highest BCUT2D eigenvalue weighted by atomic mass is 16.2. The Kier molecular flexibility index (Phi) is 8.66. The molecular weight excluding hydrogens is 382 g/mol. The summed E-state index contributed by atoms with van der Waals surface area (Å²) < 4.78 is 0. The third-order valence-electron chi connectivity index (χ3n) is 6.79. The zero-order chi connectivity index (χ0) is 21.3. The van der Waals surface area contributed by atoms with E-state index in [9.17, 15) is 14.4 Å². The number of nitrogens with one attached hydrogen (secondary N) is 2. The molecule has 168 valence electrons. The number of rotatable bonds is 9. The molecule has 3 aliphatic heterocycles. The van der Waals surface area contributed by atoms with E-state index in [2.05, 4.69) is 27.7 Å². The second kappa shape index (κ2) is 11.4. The zero-order valence-electron chi connectivity index (χ0n) is 18.3.